The minimum atomic E-state index is 0.270. The summed E-state index contributed by atoms with van der Waals surface area (Å²) >= 11 is 0. The molecule has 0 unspecified atom stereocenters. The van der Waals surface area contributed by atoms with E-state index in [-0.39, 0.29) is 5.78 Å². The zero-order chi connectivity index (χ0) is 11.0. The molecule has 1 aliphatic carbocycles. The second kappa shape index (κ2) is 3.84. The summed E-state index contributed by atoms with van der Waals surface area (Å²) in [7, 11) is 0. The van der Waals surface area contributed by atoms with E-state index in [1.165, 1.54) is 19.3 Å². The van der Waals surface area contributed by atoms with Crippen LogP contribution in [0.1, 0.15) is 53.1 Å². The van der Waals surface area contributed by atoms with Gasteiger partial charge in [-0.05, 0) is 26.7 Å². The van der Waals surface area contributed by atoms with Crippen LogP contribution in [0.4, 0.5) is 0 Å². The molecule has 0 amide bonds. The van der Waals surface area contributed by atoms with Crippen molar-refractivity contribution in [3.05, 3.63) is 22.6 Å². The van der Waals surface area contributed by atoms with E-state index in [0.717, 1.165) is 22.6 Å². The summed E-state index contributed by atoms with van der Waals surface area (Å²) in [5.74, 6) is 2.57. The van der Waals surface area contributed by atoms with Crippen LogP contribution in [0.3, 0.4) is 0 Å². The average molecular weight is 206 g/mol. The molecule has 1 aliphatic rings. The third-order valence-corrected chi connectivity index (χ3v) is 3.54. The number of rotatable bonds is 3. The van der Waals surface area contributed by atoms with Crippen LogP contribution in [0.15, 0.2) is 4.42 Å². The Balaban J connectivity index is 2.16. The molecule has 1 saturated carbocycles. The maximum absolute atomic E-state index is 12.0. The Kier molecular flexibility index (Phi) is 2.68. The van der Waals surface area contributed by atoms with Crippen LogP contribution in [-0.2, 0) is 0 Å². The molecule has 1 aromatic heterocycles. The average Bonchev–Trinajstić information content (AvgIpc) is 2.34. The molecule has 0 aromatic carbocycles. The molecule has 0 radical (unpaired) electrons. The molecule has 0 N–H and O–H groups in total. The third kappa shape index (κ3) is 1.85. The van der Waals surface area contributed by atoms with E-state index in [2.05, 4.69) is 0 Å². The van der Waals surface area contributed by atoms with Gasteiger partial charge in [0.15, 0.2) is 5.78 Å². The van der Waals surface area contributed by atoms with E-state index in [1.807, 2.05) is 20.8 Å². The first kappa shape index (κ1) is 10.5. The van der Waals surface area contributed by atoms with E-state index in [0.29, 0.717) is 12.3 Å². The highest BCUT2D eigenvalue weighted by Crippen LogP contribution is 2.32. The van der Waals surface area contributed by atoms with Crippen molar-refractivity contribution in [3.63, 3.8) is 0 Å². The van der Waals surface area contributed by atoms with Crippen molar-refractivity contribution in [2.45, 2.75) is 46.5 Å². The van der Waals surface area contributed by atoms with Gasteiger partial charge in [0, 0.05) is 12.0 Å². The number of carbonyl (C=O) groups excluding carboxylic acids is 1. The molecule has 1 heterocycles. The van der Waals surface area contributed by atoms with Crippen molar-refractivity contribution in [2.24, 2.45) is 5.92 Å². The zero-order valence-corrected chi connectivity index (χ0v) is 9.72. The molecular weight excluding hydrogens is 188 g/mol. The standard InChI is InChI=1S/C13H18O2/c1-8-9(2)15-10(3)13(8)12(14)7-11-5-4-6-11/h11H,4-7H2,1-3H3. The van der Waals surface area contributed by atoms with Gasteiger partial charge in [-0.1, -0.05) is 19.3 Å². The van der Waals surface area contributed by atoms with E-state index in [4.69, 9.17) is 4.42 Å². The van der Waals surface area contributed by atoms with E-state index < -0.39 is 0 Å². The lowest BCUT2D eigenvalue weighted by Gasteiger charge is -2.24. The zero-order valence-electron chi connectivity index (χ0n) is 9.72. The predicted octanol–water partition coefficient (Wildman–Crippen LogP) is 3.58. The molecule has 0 aliphatic heterocycles. The molecule has 2 rings (SSSR count). The van der Waals surface area contributed by atoms with Crippen molar-refractivity contribution in [1.29, 1.82) is 0 Å². The van der Waals surface area contributed by atoms with Gasteiger partial charge in [-0.15, -0.1) is 0 Å². The summed E-state index contributed by atoms with van der Waals surface area (Å²) in [5, 5.41) is 0. The molecule has 0 saturated heterocycles. The Labute approximate surface area is 90.7 Å². The van der Waals surface area contributed by atoms with Crippen LogP contribution >= 0.6 is 0 Å². The highest BCUT2D eigenvalue weighted by atomic mass is 16.3. The topological polar surface area (TPSA) is 30.2 Å². The number of Topliss-reactive ketones (excluding diaryl/α,β-unsaturated/α-hetero) is 1. The summed E-state index contributed by atoms with van der Waals surface area (Å²) < 4.78 is 5.48. The van der Waals surface area contributed by atoms with Crippen molar-refractivity contribution in [2.75, 3.05) is 0 Å². The lowest BCUT2D eigenvalue weighted by atomic mass is 9.80. The first-order chi connectivity index (χ1) is 7.09. The van der Waals surface area contributed by atoms with Crippen LogP contribution in [0.25, 0.3) is 0 Å². The van der Waals surface area contributed by atoms with Gasteiger partial charge >= 0.3 is 0 Å². The molecule has 0 bridgehead atoms. The summed E-state index contributed by atoms with van der Waals surface area (Å²) in [6, 6.07) is 0. The quantitative estimate of drug-likeness (QED) is 0.707. The molecule has 2 nitrogen and oxygen atoms in total. The Morgan fingerprint density at radius 1 is 1.27 bits per heavy atom. The lowest BCUT2D eigenvalue weighted by Crippen LogP contribution is -2.16. The molecule has 0 spiro atoms. The minimum absolute atomic E-state index is 0.270. The Morgan fingerprint density at radius 3 is 2.33 bits per heavy atom. The lowest BCUT2D eigenvalue weighted by molar-refractivity contribution is 0.0934. The number of ketones is 1. The summed E-state index contributed by atoms with van der Waals surface area (Å²) in [4.78, 5) is 12.0. The van der Waals surface area contributed by atoms with Crippen LogP contribution < -0.4 is 0 Å². The van der Waals surface area contributed by atoms with Crippen molar-refractivity contribution < 1.29 is 9.21 Å². The fraction of sp³-hybridized carbons (Fsp3) is 0.615. The van der Waals surface area contributed by atoms with Gasteiger partial charge in [-0.2, -0.15) is 0 Å². The molecule has 2 heteroatoms. The maximum atomic E-state index is 12.0. The predicted molar refractivity (Wildman–Crippen MR) is 59.2 cm³/mol. The van der Waals surface area contributed by atoms with Crippen molar-refractivity contribution in [3.8, 4) is 0 Å². The highest BCUT2D eigenvalue weighted by Gasteiger charge is 2.25. The number of furan rings is 1. The van der Waals surface area contributed by atoms with Gasteiger partial charge in [-0.3, -0.25) is 4.79 Å². The van der Waals surface area contributed by atoms with Crippen LogP contribution in [-0.4, -0.2) is 5.78 Å². The Bertz CT molecular complexity index is 383. The third-order valence-electron chi connectivity index (χ3n) is 3.54. The monoisotopic (exact) mass is 206 g/mol. The molecule has 15 heavy (non-hydrogen) atoms. The maximum Gasteiger partial charge on any atom is 0.166 e. The number of carbonyl (C=O) groups is 1. The minimum Gasteiger partial charge on any atom is -0.466 e. The summed E-state index contributed by atoms with van der Waals surface area (Å²) in [6.45, 7) is 5.77. The Hall–Kier alpha value is -1.05. The van der Waals surface area contributed by atoms with Crippen molar-refractivity contribution >= 4 is 5.78 Å². The molecule has 0 atom stereocenters. The summed E-state index contributed by atoms with van der Waals surface area (Å²) in [6.07, 6.45) is 4.45. The highest BCUT2D eigenvalue weighted by molar-refractivity contribution is 5.98. The Morgan fingerprint density at radius 2 is 1.93 bits per heavy atom. The smallest absolute Gasteiger partial charge is 0.166 e. The van der Waals surface area contributed by atoms with Gasteiger partial charge in [-0.25, -0.2) is 0 Å². The van der Waals surface area contributed by atoms with E-state index in [1.54, 1.807) is 0 Å². The van der Waals surface area contributed by atoms with Gasteiger partial charge in [0.1, 0.15) is 11.5 Å². The van der Waals surface area contributed by atoms with E-state index in [9.17, 15) is 4.79 Å². The van der Waals surface area contributed by atoms with Gasteiger partial charge in [0.05, 0.1) is 5.56 Å². The molecular formula is C13H18O2. The van der Waals surface area contributed by atoms with Gasteiger partial charge in [0.2, 0.25) is 0 Å². The first-order valence-electron chi connectivity index (χ1n) is 5.69. The van der Waals surface area contributed by atoms with Crippen LogP contribution in [0, 0.1) is 26.7 Å². The van der Waals surface area contributed by atoms with Crippen molar-refractivity contribution in [1.82, 2.24) is 0 Å². The second-order valence-corrected chi connectivity index (χ2v) is 4.64. The largest absolute Gasteiger partial charge is 0.466 e. The number of hydrogen-bond donors (Lipinski definition) is 0. The number of aryl methyl sites for hydroxylation is 2. The van der Waals surface area contributed by atoms with Crippen LogP contribution in [0.2, 0.25) is 0 Å². The van der Waals surface area contributed by atoms with Gasteiger partial charge in [0.25, 0.3) is 0 Å². The fourth-order valence-corrected chi connectivity index (χ4v) is 2.26. The second-order valence-electron chi connectivity index (χ2n) is 4.64. The van der Waals surface area contributed by atoms with Gasteiger partial charge < -0.3 is 4.42 Å². The van der Waals surface area contributed by atoms with Crippen LogP contribution in [0.5, 0.6) is 0 Å². The first-order valence-corrected chi connectivity index (χ1v) is 5.69. The fourth-order valence-electron chi connectivity index (χ4n) is 2.26. The summed E-state index contributed by atoms with van der Waals surface area (Å²) in [5.41, 5.74) is 1.86. The molecule has 1 aromatic rings. The van der Waals surface area contributed by atoms with E-state index >= 15 is 0 Å². The SMILES string of the molecule is Cc1oc(C)c(C(=O)CC2CCC2)c1C. The number of hydrogen-bond acceptors (Lipinski definition) is 2. The normalized spacial score (nSPS) is 16.5. The molecule has 1 fully saturated rings. The molecule has 82 valence electrons.